The summed E-state index contributed by atoms with van der Waals surface area (Å²) in [6, 6.07) is -0.122. The molecule has 4 rings (SSSR count). The lowest BCUT2D eigenvalue weighted by Crippen LogP contribution is -2.44. The Bertz CT molecular complexity index is 1170. The van der Waals surface area contributed by atoms with Crippen LogP contribution in [-0.2, 0) is 17.8 Å². The van der Waals surface area contributed by atoms with Gasteiger partial charge in [0, 0.05) is 36.9 Å². The summed E-state index contributed by atoms with van der Waals surface area (Å²) >= 11 is 1.27. The van der Waals surface area contributed by atoms with Gasteiger partial charge in [-0.05, 0) is 52.0 Å². The number of amides is 1. The van der Waals surface area contributed by atoms with E-state index in [0.29, 0.717) is 10.2 Å². The maximum atomic E-state index is 13.4. The van der Waals surface area contributed by atoms with Crippen LogP contribution in [0.15, 0.2) is 9.59 Å². The number of aromatic nitrogens is 2. The van der Waals surface area contributed by atoms with Gasteiger partial charge in [-0.25, -0.2) is 23.8 Å². The van der Waals surface area contributed by atoms with Gasteiger partial charge in [-0.3, -0.25) is 19.4 Å². The summed E-state index contributed by atoms with van der Waals surface area (Å²) in [7, 11) is 0. The highest BCUT2D eigenvalue weighted by atomic mass is 32.1. The third-order valence-electron chi connectivity index (χ3n) is 5.71. The van der Waals surface area contributed by atoms with Crippen LogP contribution in [0.4, 0.5) is 13.6 Å². The van der Waals surface area contributed by atoms with Crippen LogP contribution < -0.4 is 22.1 Å². The van der Waals surface area contributed by atoms with Crippen molar-refractivity contribution in [2.75, 3.05) is 0 Å². The number of aryl methyl sites for hydroxylation is 1. The van der Waals surface area contributed by atoms with Crippen molar-refractivity contribution >= 4 is 27.6 Å². The molecule has 176 valence electrons. The van der Waals surface area contributed by atoms with Gasteiger partial charge in [0.15, 0.2) is 0 Å². The van der Waals surface area contributed by atoms with Crippen LogP contribution in [0.25, 0.3) is 10.2 Å². The summed E-state index contributed by atoms with van der Waals surface area (Å²) < 4.78 is 34.7. The van der Waals surface area contributed by atoms with Crippen LogP contribution in [0.5, 0.6) is 0 Å². The Balaban J connectivity index is 1.63. The van der Waals surface area contributed by atoms with Crippen molar-refractivity contribution in [2.24, 2.45) is 5.92 Å². The number of nitrogens with zero attached hydrogens (tertiary/aromatic N) is 2. The summed E-state index contributed by atoms with van der Waals surface area (Å²) in [5.41, 5.74) is 4.58. The second-order valence-electron chi connectivity index (χ2n) is 9.74. The van der Waals surface area contributed by atoms with Gasteiger partial charge in [-0.1, -0.05) is 0 Å². The molecule has 2 aromatic heterocycles. The average molecular weight is 471 g/mol. The molecular weight excluding hydrogens is 442 g/mol. The van der Waals surface area contributed by atoms with Crippen LogP contribution in [0.3, 0.4) is 0 Å². The van der Waals surface area contributed by atoms with Gasteiger partial charge in [0.25, 0.3) is 5.56 Å². The summed E-state index contributed by atoms with van der Waals surface area (Å²) in [5, 5.41) is 0.446. The molecule has 11 heteroatoms. The fourth-order valence-corrected chi connectivity index (χ4v) is 5.31. The number of halogens is 2. The zero-order valence-corrected chi connectivity index (χ0v) is 19.4. The minimum absolute atomic E-state index is 0.122. The topological polar surface area (TPSA) is 94.4 Å². The maximum absolute atomic E-state index is 13.4. The van der Waals surface area contributed by atoms with Crippen molar-refractivity contribution in [1.82, 2.24) is 20.0 Å². The van der Waals surface area contributed by atoms with Gasteiger partial charge in [-0.15, -0.1) is 11.3 Å². The lowest BCUT2D eigenvalue weighted by molar-refractivity contribution is -0.114. The van der Waals surface area contributed by atoms with Crippen molar-refractivity contribution in [1.29, 1.82) is 0 Å². The quantitative estimate of drug-likeness (QED) is 0.631. The normalized spacial score (nSPS) is 18.6. The van der Waals surface area contributed by atoms with Gasteiger partial charge in [0.1, 0.15) is 10.4 Å². The summed E-state index contributed by atoms with van der Waals surface area (Å²) in [6.07, 6.45) is 0.402. The molecule has 0 aromatic carbocycles. The Morgan fingerprint density at radius 2 is 1.91 bits per heavy atom. The van der Waals surface area contributed by atoms with Crippen LogP contribution in [0.2, 0.25) is 0 Å². The van der Waals surface area contributed by atoms with Gasteiger partial charge in [0.05, 0.1) is 5.39 Å². The fourth-order valence-electron chi connectivity index (χ4n) is 4.07. The second-order valence-corrected chi connectivity index (χ2v) is 10.8. The van der Waals surface area contributed by atoms with Crippen molar-refractivity contribution in [3.05, 3.63) is 31.3 Å². The minimum Gasteiger partial charge on any atom is -0.443 e. The van der Waals surface area contributed by atoms with Gasteiger partial charge < -0.3 is 4.74 Å². The molecule has 0 radical (unpaired) electrons. The molecule has 2 heterocycles. The molecule has 0 saturated heterocycles. The molecule has 2 aliphatic carbocycles. The monoisotopic (exact) mass is 470 g/mol. The van der Waals surface area contributed by atoms with E-state index < -0.39 is 23.3 Å². The van der Waals surface area contributed by atoms with E-state index in [1.54, 1.807) is 27.7 Å². The van der Waals surface area contributed by atoms with Crippen molar-refractivity contribution < 1.29 is 18.3 Å². The number of hydrogen-bond acceptors (Lipinski definition) is 6. The van der Waals surface area contributed by atoms with E-state index in [-0.39, 0.29) is 43.5 Å². The first kappa shape index (κ1) is 22.9. The molecule has 0 aliphatic heterocycles. The number of fused-ring (bicyclic) bond motifs is 1. The summed E-state index contributed by atoms with van der Waals surface area (Å²) in [5.74, 6) is -2.97. The number of ether oxygens (including phenoxy) is 1. The van der Waals surface area contributed by atoms with Crippen LogP contribution in [-0.4, -0.2) is 26.8 Å². The highest BCUT2D eigenvalue weighted by Gasteiger charge is 2.45. The first-order valence-electron chi connectivity index (χ1n) is 10.7. The van der Waals surface area contributed by atoms with Gasteiger partial charge in [-0.2, -0.15) is 0 Å². The first-order valence-corrected chi connectivity index (χ1v) is 11.5. The van der Waals surface area contributed by atoms with Crippen molar-refractivity contribution in [3.8, 4) is 0 Å². The van der Waals surface area contributed by atoms with Crippen LogP contribution in [0.1, 0.15) is 62.9 Å². The largest absolute Gasteiger partial charge is 0.443 e. The molecule has 2 fully saturated rings. The van der Waals surface area contributed by atoms with E-state index in [4.69, 9.17) is 4.74 Å². The number of rotatable bonds is 6. The molecular formula is C21H28F2N4O4S. The van der Waals surface area contributed by atoms with E-state index >= 15 is 0 Å². The zero-order chi connectivity index (χ0) is 23.4. The first-order chi connectivity index (χ1) is 14.9. The van der Waals surface area contributed by atoms with Crippen LogP contribution >= 0.6 is 11.3 Å². The molecule has 1 amide bonds. The predicted molar refractivity (Wildman–Crippen MR) is 117 cm³/mol. The molecule has 2 aliphatic rings. The third-order valence-corrected chi connectivity index (χ3v) is 7.02. The van der Waals surface area contributed by atoms with Crippen molar-refractivity contribution in [3.63, 3.8) is 0 Å². The second kappa shape index (κ2) is 7.95. The lowest BCUT2D eigenvalue weighted by atomic mass is 9.81. The Kier molecular flexibility index (Phi) is 5.69. The molecule has 0 spiro atoms. The smallest absolute Gasteiger partial charge is 0.422 e. The third kappa shape index (κ3) is 4.59. The fraction of sp³-hybridized carbons (Fsp3) is 0.667. The zero-order valence-electron chi connectivity index (χ0n) is 18.6. The Labute approximate surface area is 187 Å². The maximum Gasteiger partial charge on any atom is 0.422 e. The van der Waals surface area contributed by atoms with Gasteiger partial charge >= 0.3 is 11.8 Å². The SMILES string of the molecule is Cc1c(CNNC(=O)OC(C)(C)C)sc2c1c(=O)n(C1CC1)c(=O)n2CC1CC(F)(F)C1. The van der Waals surface area contributed by atoms with Crippen molar-refractivity contribution in [2.45, 2.75) is 84.0 Å². The number of alkyl halides is 2. The number of hydrazine groups is 1. The molecule has 0 bridgehead atoms. The molecule has 32 heavy (non-hydrogen) atoms. The summed E-state index contributed by atoms with van der Waals surface area (Å²) in [4.78, 5) is 39.4. The Morgan fingerprint density at radius 3 is 2.47 bits per heavy atom. The van der Waals surface area contributed by atoms with E-state index in [0.717, 1.165) is 23.3 Å². The highest BCUT2D eigenvalue weighted by molar-refractivity contribution is 7.18. The molecule has 2 N–H and O–H groups in total. The van der Waals surface area contributed by atoms with E-state index in [1.165, 1.54) is 20.5 Å². The number of hydrogen-bond donors (Lipinski definition) is 2. The molecule has 2 saturated carbocycles. The molecule has 2 aromatic rings. The number of carbonyl (C=O) groups excluding carboxylic acids is 1. The summed E-state index contributed by atoms with van der Waals surface area (Å²) in [6.45, 7) is 7.46. The van der Waals surface area contributed by atoms with E-state index in [1.807, 2.05) is 0 Å². The highest BCUT2D eigenvalue weighted by Crippen LogP contribution is 2.43. The Hall–Kier alpha value is -2.27. The number of thiophene rings is 1. The van der Waals surface area contributed by atoms with Crippen LogP contribution in [0, 0.1) is 12.8 Å². The molecule has 8 nitrogen and oxygen atoms in total. The minimum atomic E-state index is -2.67. The predicted octanol–water partition coefficient (Wildman–Crippen LogP) is 3.44. The number of carbonyl (C=O) groups is 1. The average Bonchev–Trinajstić information content (AvgIpc) is 3.40. The van der Waals surface area contributed by atoms with E-state index in [2.05, 4.69) is 10.9 Å². The molecule has 0 atom stereocenters. The number of nitrogens with one attached hydrogen (secondary N) is 2. The van der Waals surface area contributed by atoms with E-state index in [9.17, 15) is 23.2 Å². The van der Waals surface area contributed by atoms with Gasteiger partial charge in [0.2, 0.25) is 5.92 Å². The standard InChI is InChI=1S/C21H28F2N4O4S/c1-11-14(9-24-25-18(29)31-20(2,3)4)32-17-15(11)16(28)27(13-5-6-13)19(30)26(17)10-12-7-21(22,23)8-12/h12-13,24H,5-10H2,1-4H3,(H,25,29). The lowest BCUT2D eigenvalue weighted by Gasteiger charge is -2.35. The Morgan fingerprint density at radius 1 is 1.25 bits per heavy atom. The molecule has 0 unspecified atom stereocenters.